The van der Waals surface area contributed by atoms with Crippen LogP contribution < -0.4 is 10.1 Å². The third-order valence-corrected chi connectivity index (χ3v) is 3.20. The van der Waals surface area contributed by atoms with Crippen LogP contribution in [0.3, 0.4) is 0 Å². The molecule has 1 aromatic rings. The third kappa shape index (κ3) is 6.28. The van der Waals surface area contributed by atoms with Crippen LogP contribution in [0.1, 0.15) is 44.2 Å². The molecule has 1 unspecified atom stereocenters. The fourth-order valence-corrected chi connectivity index (χ4v) is 2.06. The fourth-order valence-electron chi connectivity index (χ4n) is 2.06. The van der Waals surface area contributed by atoms with Crippen LogP contribution in [0.15, 0.2) is 24.3 Å². The van der Waals surface area contributed by atoms with E-state index in [1.54, 1.807) is 7.11 Å². The summed E-state index contributed by atoms with van der Waals surface area (Å²) in [5, 5.41) is 3.30. The smallest absolute Gasteiger partial charge is 0.389 e. The Balaban J connectivity index is 2.35. The lowest BCUT2D eigenvalue weighted by Crippen LogP contribution is -2.22. The molecule has 1 rings (SSSR count). The van der Waals surface area contributed by atoms with Crippen LogP contribution in [-0.4, -0.2) is 19.8 Å². The number of benzene rings is 1. The third-order valence-electron chi connectivity index (χ3n) is 3.20. The molecule has 0 aromatic heterocycles. The topological polar surface area (TPSA) is 21.3 Å². The van der Waals surface area contributed by atoms with E-state index in [9.17, 15) is 13.2 Å². The van der Waals surface area contributed by atoms with Gasteiger partial charge < -0.3 is 10.1 Å². The van der Waals surface area contributed by atoms with Gasteiger partial charge in [0.2, 0.25) is 0 Å². The van der Waals surface area contributed by atoms with Crippen molar-refractivity contribution in [3.63, 3.8) is 0 Å². The number of nitrogens with one attached hydrogen (secondary N) is 1. The summed E-state index contributed by atoms with van der Waals surface area (Å²) in [5.74, 6) is 0.800. The Labute approximate surface area is 118 Å². The SMILES string of the molecule is CCC(NCCCCC(F)(F)F)c1ccc(OC)cc1. The van der Waals surface area contributed by atoms with Crippen LogP contribution in [-0.2, 0) is 0 Å². The van der Waals surface area contributed by atoms with Crippen molar-refractivity contribution in [1.82, 2.24) is 5.32 Å². The highest BCUT2D eigenvalue weighted by molar-refractivity contribution is 5.29. The largest absolute Gasteiger partial charge is 0.497 e. The number of hydrogen-bond acceptors (Lipinski definition) is 2. The standard InChI is InChI=1S/C15H22F3NO/c1-3-14(12-6-8-13(20-2)9-7-12)19-11-5-4-10-15(16,17)18/h6-9,14,19H,3-5,10-11H2,1-2H3. The fraction of sp³-hybridized carbons (Fsp3) is 0.600. The van der Waals surface area contributed by atoms with Crippen molar-refractivity contribution >= 4 is 0 Å². The second-order valence-corrected chi connectivity index (χ2v) is 4.76. The van der Waals surface area contributed by atoms with Crippen molar-refractivity contribution < 1.29 is 17.9 Å². The normalized spacial score (nSPS) is 13.2. The number of rotatable bonds is 8. The van der Waals surface area contributed by atoms with E-state index < -0.39 is 12.6 Å². The monoisotopic (exact) mass is 289 g/mol. The summed E-state index contributed by atoms with van der Waals surface area (Å²) in [7, 11) is 1.62. The molecule has 0 heterocycles. The molecule has 1 atom stereocenters. The molecule has 1 aromatic carbocycles. The first-order valence-electron chi connectivity index (χ1n) is 6.90. The number of methoxy groups -OCH3 is 1. The van der Waals surface area contributed by atoms with Gasteiger partial charge >= 0.3 is 6.18 Å². The highest BCUT2D eigenvalue weighted by Crippen LogP contribution is 2.23. The average molecular weight is 289 g/mol. The van der Waals surface area contributed by atoms with Gasteiger partial charge in [0.1, 0.15) is 5.75 Å². The molecule has 1 N–H and O–H groups in total. The van der Waals surface area contributed by atoms with Gasteiger partial charge in [0, 0.05) is 12.5 Å². The maximum atomic E-state index is 12.0. The first-order chi connectivity index (χ1) is 9.46. The number of halogens is 3. The van der Waals surface area contributed by atoms with Crippen molar-refractivity contribution in [2.24, 2.45) is 0 Å². The molecule has 0 spiro atoms. The number of ether oxygens (including phenoxy) is 1. The molecular weight excluding hydrogens is 267 g/mol. The first kappa shape index (κ1) is 16.8. The first-order valence-corrected chi connectivity index (χ1v) is 6.90. The molecule has 0 aliphatic heterocycles. The maximum Gasteiger partial charge on any atom is 0.389 e. The molecule has 0 aliphatic rings. The van der Waals surface area contributed by atoms with Crippen molar-refractivity contribution in [2.45, 2.75) is 44.8 Å². The molecule has 0 bridgehead atoms. The molecule has 114 valence electrons. The van der Waals surface area contributed by atoms with Crippen molar-refractivity contribution in [2.75, 3.05) is 13.7 Å². The minimum absolute atomic E-state index is 0.173. The predicted molar refractivity (Wildman–Crippen MR) is 73.9 cm³/mol. The van der Waals surface area contributed by atoms with E-state index in [1.807, 2.05) is 24.3 Å². The van der Waals surface area contributed by atoms with Gasteiger partial charge in [0.05, 0.1) is 7.11 Å². The summed E-state index contributed by atoms with van der Waals surface area (Å²) in [6, 6.07) is 7.92. The lowest BCUT2D eigenvalue weighted by atomic mass is 10.0. The van der Waals surface area contributed by atoms with Gasteiger partial charge in [-0.25, -0.2) is 0 Å². The lowest BCUT2D eigenvalue weighted by molar-refractivity contribution is -0.135. The van der Waals surface area contributed by atoms with E-state index in [1.165, 1.54) is 0 Å². The van der Waals surface area contributed by atoms with Crippen LogP contribution in [0.4, 0.5) is 13.2 Å². The molecular formula is C15H22F3NO. The zero-order valence-electron chi connectivity index (χ0n) is 12.0. The van der Waals surface area contributed by atoms with Gasteiger partial charge in [-0.15, -0.1) is 0 Å². The lowest BCUT2D eigenvalue weighted by Gasteiger charge is -2.18. The van der Waals surface area contributed by atoms with Crippen molar-refractivity contribution in [3.8, 4) is 5.75 Å². The summed E-state index contributed by atoms with van der Waals surface area (Å²) in [5.41, 5.74) is 1.13. The summed E-state index contributed by atoms with van der Waals surface area (Å²) in [6.07, 6.45) is -3.14. The Hall–Kier alpha value is -1.23. The second kappa shape index (κ2) is 8.15. The summed E-state index contributed by atoms with van der Waals surface area (Å²) >= 11 is 0. The molecule has 20 heavy (non-hydrogen) atoms. The van der Waals surface area contributed by atoms with Crippen LogP contribution in [0.2, 0.25) is 0 Å². The van der Waals surface area contributed by atoms with Gasteiger partial charge in [0.15, 0.2) is 0 Å². The molecule has 0 saturated heterocycles. The Morgan fingerprint density at radius 3 is 2.30 bits per heavy atom. The molecule has 0 amide bonds. The number of alkyl halides is 3. The average Bonchev–Trinajstić information content (AvgIpc) is 2.42. The van der Waals surface area contributed by atoms with Gasteiger partial charge in [-0.2, -0.15) is 13.2 Å². The van der Waals surface area contributed by atoms with E-state index in [2.05, 4.69) is 12.2 Å². The van der Waals surface area contributed by atoms with Crippen molar-refractivity contribution in [3.05, 3.63) is 29.8 Å². The van der Waals surface area contributed by atoms with Crippen LogP contribution in [0.25, 0.3) is 0 Å². The molecule has 2 nitrogen and oxygen atoms in total. The highest BCUT2D eigenvalue weighted by Gasteiger charge is 2.25. The van der Waals surface area contributed by atoms with E-state index >= 15 is 0 Å². The van der Waals surface area contributed by atoms with Crippen molar-refractivity contribution in [1.29, 1.82) is 0 Å². The minimum Gasteiger partial charge on any atom is -0.497 e. The minimum atomic E-state index is -4.04. The summed E-state index contributed by atoms with van der Waals surface area (Å²) < 4.78 is 41.1. The Morgan fingerprint density at radius 1 is 1.15 bits per heavy atom. The highest BCUT2D eigenvalue weighted by atomic mass is 19.4. The van der Waals surface area contributed by atoms with E-state index in [4.69, 9.17) is 4.74 Å². The van der Waals surface area contributed by atoms with Gasteiger partial charge in [0.25, 0.3) is 0 Å². The van der Waals surface area contributed by atoms with E-state index in [0.717, 1.165) is 17.7 Å². The second-order valence-electron chi connectivity index (χ2n) is 4.76. The maximum absolute atomic E-state index is 12.0. The summed E-state index contributed by atoms with van der Waals surface area (Å²) in [4.78, 5) is 0. The Kier molecular flexibility index (Phi) is 6.85. The number of unbranched alkanes of at least 4 members (excludes halogenated alkanes) is 1. The van der Waals surface area contributed by atoms with Gasteiger partial charge in [-0.3, -0.25) is 0 Å². The predicted octanol–water partition coefficient (Wildman–Crippen LogP) is 4.47. The molecule has 0 fully saturated rings. The van der Waals surface area contributed by atoms with Crippen LogP contribution in [0.5, 0.6) is 5.75 Å². The Bertz CT molecular complexity index is 376. The molecule has 0 aliphatic carbocycles. The quantitative estimate of drug-likeness (QED) is 0.713. The molecule has 0 radical (unpaired) electrons. The van der Waals surface area contributed by atoms with Gasteiger partial charge in [-0.1, -0.05) is 19.1 Å². The van der Waals surface area contributed by atoms with Crippen LogP contribution in [0, 0.1) is 0 Å². The zero-order chi connectivity index (χ0) is 15.0. The summed E-state index contributed by atoms with van der Waals surface area (Å²) in [6.45, 7) is 2.65. The zero-order valence-corrected chi connectivity index (χ0v) is 12.0. The Morgan fingerprint density at radius 2 is 1.80 bits per heavy atom. The van der Waals surface area contributed by atoms with E-state index in [-0.39, 0.29) is 12.5 Å². The molecule has 0 saturated carbocycles. The van der Waals surface area contributed by atoms with E-state index in [0.29, 0.717) is 13.0 Å². The molecule has 5 heteroatoms. The van der Waals surface area contributed by atoms with Gasteiger partial charge in [-0.05, 0) is 43.5 Å². The van der Waals surface area contributed by atoms with Crippen LogP contribution >= 0.6 is 0 Å². The number of hydrogen-bond donors (Lipinski definition) is 1.